The Balaban J connectivity index is 1.57. The minimum absolute atomic E-state index is 0.000825. The molecule has 41 heavy (non-hydrogen) atoms. The van der Waals surface area contributed by atoms with E-state index in [4.69, 9.17) is 22.4 Å². The van der Waals surface area contributed by atoms with Gasteiger partial charge in [0.1, 0.15) is 34.6 Å². The fourth-order valence-corrected chi connectivity index (χ4v) is 7.06. The second kappa shape index (κ2) is 11.1. The topological polar surface area (TPSA) is 115 Å². The summed E-state index contributed by atoms with van der Waals surface area (Å²) in [5, 5.41) is 7.88. The minimum atomic E-state index is -4.16. The second-order valence-corrected chi connectivity index (χ2v) is 12.5. The lowest BCUT2D eigenvalue weighted by Gasteiger charge is -2.34. The molecule has 218 valence electrons. The highest BCUT2D eigenvalue weighted by atomic mass is 35.5. The van der Waals surface area contributed by atoms with E-state index in [1.807, 2.05) is 13.8 Å². The zero-order valence-corrected chi connectivity index (χ0v) is 24.1. The van der Waals surface area contributed by atoms with Gasteiger partial charge in [-0.3, -0.25) is 9.40 Å². The first-order valence-electron chi connectivity index (χ1n) is 13.1. The predicted octanol–water partition coefficient (Wildman–Crippen LogP) is 6.00. The first-order chi connectivity index (χ1) is 19.4. The van der Waals surface area contributed by atoms with Crippen LogP contribution in [0.15, 0.2) is 53.6 Å². The third kappa shape index (κ3) is 5.35. The number of halogens is 4. The summed E-state index contributed by atoms with van der Waals surface area (Å²) in [6.07, 6.45) is -1.06. The molecular weight excluding hydrogens is 577 g/mol. The molecule has 2 heterocycles. The number of nitrogens with two attached hydrogens (primary N) is 1. The molecule has 1 aliphatic carbocycles. The predicted molar refractivity (Wildman–Crippen MR) is 155 cm³/mol. The van der Waals surface area contributed by atoms with Crippen LogP contribution in [0.25, 0.3) is 22.2 Å². The monoisotopic (exact) mass is 606 g/mol. The second-order valence-electron chi connectivity index (χ2n) is 10.5. The van der Waals surface area contributed by atoms with Gasteiger partial charge in [0.2, 0.25) is 0 Å². The summed E-state index contributed by atoms with van der Waals surface area (Å²) < 4.78 is 74.8. The molecule has 0 radical (unpaired) electrons. The summed E-state index contributed by atoms with van der Waals surface area (Å²) in [6, 6.07) is 8.73. The van der Waals surface area contributed by atoms with Crippen molar-refractivity contribution in [2.75, 3.05) is 17.5 Å². The third-order valence-corrected chi connectivity index (χ3v) is 9.32. The molecule has 2 unspecified atom stereocenters. The average Bonchev–Trinajstić information content (AvgIpc) is 3.32. The summed E-state index contributed by atoms with van der Waals surface area (Å²) in [5.41, 5.74) is 7.87. The highest BCUT2D eigenvalue weighted by Gasteiger charge is 2.39. The number of nitrogens with zero attached hydrogens (tertiary/aromatic N) is 3. The van der Waals surface area contributed by atoms with E-state index in [2.05, 4.69) is 15.0 Å². The van der Waals surface area contributed by atoms with Crippen LogP contribution in [0.5, 0.6) is 0 Å². The quantitative estimate of drug-likeness (QED) is 0.238. The van der Waals surface area contributed by atoms with Crippen LogP contribution in [0.3, 0.4) is 0 Å². The van der Waals surface area contributed by atoms with Crippen LogP contribution in [0.1, 0.15) is 44.2 Å². The van der Waals surface area contributed by atoms with Crippen molar-refractivity contribution in [2.24, 2.45) is 0 Å². The van der Waals surface area contributed by atoms with Gasteiger partial charge in [0.25, 0.3) is 10.0 Å². The van der Waals surface area contributed by atoms with Crippen molar-refractivity contribution < 1.29 is 21.6 Å². The van der Waals surface area contributed by atoms with Gasteiger partial charge in [-0.2, -0.15) is 5.10 Å². The molecule has 2 aromatic carbocycles. The van der Waals surface area contributed by atoms with Crippen molar-refractivity contribution >= 4 is 44.0 Å². The number of pyridine rings is 1. The number of hydrogen-bond acceptors (Lipinski definition) is 6. The van der Waals surface area contributed by atoms with E-state index < -0.39 is 40.1 Å². The summed E-state index contributed by atoms with van der Waals surface area (Å²) in [5.74, 6) is -1.19. The van der Waals surface area contributed by atoms with Crippen molar-refractivity contribution in [1.29, 1.82) is 0 Å². The Bertz CT molecular complexity index is 1700. The van der Waals surface area contributed by atoms with Crippen LogP contribution in [0.2, 0.25) is 5.02 Å². The van der Waals surface area contributed by atoms with E-state index >= 15 is 4.39 Å². The SMILES string of the molecule is CNC1C(F)CC(c2cnc(N)c3c(-c4ccc(NS(=O)(=O)c5ccccc5Cl)c(F)c4)nn(C(C)C)c23)CC1F. The highest BCUT2D eigenvalue weighted by molar-refractivity contribution is 7.92. The van der Waals surface area contributed by atoms with Crippen LogP contribution in [-0.4, -0.2) is 48.6 Å². The summed E-state index contributed by atoms with van der Waals surface area (Å²) in [4.78, 5) is 4.14. The molecule has 0 bridgehead atoms. The molecule has 0 saturated heterocycles. The maximum absolute atomic E-state index is 15.3. The lowest BCUT2D eigenvalue weighted by atomic mass is 9.79. The van der Waals surface area contributed by atoms with E-state index in [0.29, 0.717) is 27.7 Å². The van der Waals surface area contributed by atoms with Gasteiger partial charge >= 0.3 is 0 Å². The number of benzene rings is 2. The van der Waals surface area contributed by atoms with Gasteiger partial charge in [0.15, 0.2) is 0 Å². The van der Waals surface area contributed by atoms with Gasteiger partial charge in [-0.15, -0.1) is 0 Å². The molecule has 2 atom stereocenters. The number of sulfonamides is 1. The van der Waals surface area contributed by atoms with E-state index in [9.17, 15) is 17.2 Å². The Morgan fingerprint density at radius 1 is 1.12 bits per heavy atom. The van der Waals surface area contributed by atoms with Crippen LogP contribution in [0.4, 0.5) is 24.7 Å². The molecule has 13 heteroatoms. The standard InChI is InChI=1S/C28H30ClF3N6O2S/c1-14(2)38-27-17(16-11-20(31)26(34-3)21(32)12-16)13-35-28(33)24(27)25(36-38)15-8-9-22(19(30)10-15)37-41(39,40)23-7-5-4-6-18(23)29/h4-10,13-14,16,20-21,26,34,37H,11-12H2,1-3H3,(H2,33,35). The number of nitrogen functional groups attached to an aromatic ring is 1. The van der Waals surface area contributed by atoms with Crippen molar-refractivity contribution in [3.05, 3.63) is 65.1 Å². The Labute approximate surface area is 241 Å². The number of fused-ring (bicyclic) bond motifs is 1. The van der Waals surface area contributed by atoms with Gasteiger partial charge in [-0.25, -0.2) is 26.6 Å². The Morgan fingerprint density at radius 3 is 2.41 bits per heavy atom. The molecule has 0 spiro atoms. The summed E-state index contributed by atoms with van der Waals surface area (Å²) in [7, 11) is -2.62. The molecule has 2 aromatic heterocycles. The molecule has 1 saturated carbocycles. The van der Waals surface area contributed by atoms with E-state index in [1.54, 1.807) is 24.0 Å². The fourth-order valence-electron chi connectivity index (χ4n) is 5.48. The summed E-state index contributed by atoms with van der Waals surface area (Å²) >= 11 is 6.03. The van der Waals surface area contributed by atoms with Gasteiger partial charge in [-0.05, 0) is 69.5 Å². The maximum atomic E-state index is 15.3. The van der Waals surface area contributed by atoms with E-state index in [-0.39, 0.29) is 40.3 Å². The Kier molecular flexibility index (Phi) is 7.92. The van der Waals surface area contributed by atoms with Gasteiger partial charge in [0.05, 0.1) is 27.7 Å². The Morgan fingerprint density at radius 2 is 1.80 bits per heavy atom. The minimum Gasteiger partial charge on any atom is -0.383 e. The number of aromatic nitrogens is 3. The normalized spacial score (nSPS) is 21.5. The first kappa shape index (κ1) is 29.2. The molecule has 4 aromatic rings. The lowest BCUT2D eigenvalue weighted by Crippen LogP contribution is -2.47. The number of hydrogen-bond donors (Lipinski definition) is 3. The van der Waals surface area contributed by atoms with Gasteiger partial charge < -0.3 is 11.1 Å². The molecule has 4 N–H and O–H groups in total. The van der Waals surface area contributed by atoms with Crippen LogP contribution < -0.4 is 15.8 Å². The Hall–Kier alpha value is -3.35. The van der Waals surface area contributed by atoms with E-state index in [0.717, 1.165) is 6.07 Å². The van der Waals surface area contributed by atoms with Crippen molar-refractivity contribution in [3.63, 3.8) is 0 Å². The molecule has 8 nitrogen and oxygen atoms in total. The third-order valence-electron chi connectivity index (χ3n) is 7.46. The zero-order chi connectivity index (χ0) is 29.6. The number of rotatable bonds is 7. The van der Waals surface area contributed by atoms with Crippen LogP contribution >= 0.6 is 11.6 Å². The number of alkyl halides is 2. The lowest BCUT2D eigenvalue weighted by molar-refractivity contribution is 0.0953. The van der Waals surface area contributed by atoms with Crippen molar-refractivity contribution in [3.8, 4) is 11.3 Å². The van der Waals surface area contributed by atoms with Crippen LogP contribution in [-0.2, 0) is 10.0 Å². The molecule has 1 fully saturated rings. The molecule has 0 amide bonds. The summed E-state index contributed by atoms with van der Waals surface area (Å²) in [6.45, 7) is 3.80. The zero-order valence-electron chi connectivity index (χ0n) is 22.6. The highest BCUT2D eigenvalue weighted by Crippen LogP contribution is 2.43. The van der Waals surface area contributed by atoms with E-state index in [1.165, 1.54) is 30.3 Å². The fraction of sp³-hybridized carbons (Fsp3) is 0.357. The van der Waals surface area contributed by atoms with Crippen LogP contribution in [0, 0.1) is 5.82 Å². The average molecular weight is 607 g/mol. The van der Waals surface area contributed by atoms with Crippen molar-refractivity contribution in [1.82, 2.24) is 20.1 Å². The molecule has 0 aliphatic heterocycles. The number of nitrogens with one attached hydrogen (secondary N) is 2. The molecular formula is C28H30ClF3N6O2S. The first-order valence-corrected chi connectivity index (χ1v) is 15.0. The smallest absolute Gasteiger partial charge is 0.263 e. The molecule has 5 rings (SSSR count). The molecule has 1 aliphatic rings. The van der Waals surface area contributed by atoms with Crippen molar-refractivity contribution in [2.45, 2.75) is 61.9 Å². The maximum Gasteiger partial charge on any atom is 0.263 e. The van der Waals surface area contributed by atoms with Gasteiger partial charge in [0, 0.05) is 17.8 Å². The van der Waals surface area contributed by atoms with Gasteiger partial charge in [-0.1, -0.05) is 29.8 Å². The number of anilines is 2. The largest absolute Gasteiger partial charge is 0.383 e.